The number of aliphatic hydroxyl groups excluding tert-OH is 1. The highest BCUT2D eigenvalue weighted by molar-refractivity contribution is 5.85. The Bertz CT molecular complexity index is 754. The number of aliphatic hydroxyl groups is 1. The average molecular weight is 456 g/mol. The summed E-state index contributed by atoms with van der Waals surface area (Å²) in [5.74, 6) is 0.707. The summed E-state index contributed by atoms with van der Waals surface area (Å²) < 4.78 is 5.60. The van der Waals surface area contributed by atoms with Crippen molar-refractivity contribution in [1.29, 1.82) is 0 Å². The molecule has 1 amide bonds. The molecule has 166 valence electrons. The van der Waals surface area contributed by atoms with Gasteiger partial charge in [0.05, 0.1) is 0 Å². The van der Waals surface area contributed by atoms with E-state index in [9.17, 15) is 9.90 Å². The first-order valence-electron chi connectivity index (χ1n) is 9.72. The number of carbonyl (C=O) groups excluding carboxylic acids is 1. The number of hydrogen-bond acceptors (Lipinski definition) is 5. The molecule has 1 aliphatic heterocycles. The Kier molecular flexibility index (Phi) is 11.2. The van der Waals surface area contributed by atoms with Crippen molar-refractivity contribution in [2.45, 2.75) is 19.1 Å². The van der Waals surface area contributed by atoms with Crippen molar-refractivity contribution in [3.8, 4) is 5.75 Å². The van der Waals surface area contributed by atoms with Crippen molar-refractivity contribution in [2.24, 2.45) is 5.73 Å². The fourth-order valence-corrected chi connectivity index (χ4v) is 3.32. The monoisotopic (exact) mass is 455 g/mol. The molecule has 0 aliphatic carbocycles. The van der Waals surface area contributed by atoms with Gasteiger partial charge >= 0.3 is 0 Å². The fraction of sp³-hybridized carbons (Fsp3) is 0.409. The summed E-state index contributed by atoms with van der Waals surface area (Å²) in [4.78, 5) is 16.7. The first kappa shape index (κ1) is 26.2. The molecule has 1 aliphatic rings. The van der Waals surface area contributed by atoms with Crippen molar-refractivity contribution in [2.75, 3.05) is 39.3 Å². The summed E-state index contributed by atoms with van der Waals surface area (Å²) in [7, 11) is 0. The van der Waals surface area contributed by atoms with Gasteiger partial charge in [-0.05, 0) is 24.6 Å². The highest BCUT2D eigenvalue weighted by atomic mass is 35.5. The molecule has 8 heteroatoms. The SMILES string of the molecule is Cc1ccc(C(N)C(=O)N2CCN(CC(O)COc3ccccc3)CC2)cc1.Cl.Cl. The van der Waals surface area contributed by atoms with Crippen LogP contribution in [0.2, 0.25) is 0 Å². The number of piperazine rings is 1. The molecule has 2 aromatic rings. The van der Waals surface area contributed by atoms with E-state index in [-0.39, 0.29) is 37.3 Å². The van der Waals surface area contributed by atoms with E-state index < -0.39 is 12.1 Å². The molecule has 2 atom stereocenters. The fourth-order valence-electron chi connectivity index (χ4n) is 3.32. The second-order valence-corrected chi connectivity index (χ2v) is 7.29. The van der Waals surface area contributed by atoms with Crippen LogP contribution in [0.15, 0.2) is 54.6 Å². The summed E-state index contributed by atoms with van der Waals surface area (Å²) in [6.07, 6.45) is -0.572. The number of halogens is 2. The van der Waals surface area contributed by atoms with Crippen molar-refractivity contribution in [1.82, 2.24) is 9.80 Å². The summed E-state index contributed by atoms with van der Waals surface area (Å²) in [5.41, 5.74) is 8.15. The largest absolute Gasteiger partial charge is 0.491 e. The number of amides is 1. The number of ether oxygens (including phenoxy) is 1. The van der Waals surface area contributed by atoms with E-state index in [0.717, 1.165) is 30.0 Å². The lowest BCUT2D eigenvalue weighted by Crippen LogP contribution is -2.52. The second-order valence-electron chi connectivity index (χ2n) is 7.29. The van der Waals surface area contributed by atoms with Crippen LogP contribution < -0.4 is 10.5 Å². The Labute approximate surface area is 190 Å². The smallest absolute Gasteiger partial charge is 0.244 e. The van der Waals surface area contributed by atoms with Gasteiger partial charge in [-0.1, -0.05) is 48.0 Å². The number of hydrogen-bond donors (Lipinski definition) is 2. The highest BCUT2D eigenvalue weighted by Gasteiger charge is 2.27. The second kappa shape index (κ2) is 12.8. The van der Waals surface area contributed by atoms with Crippen LogP contribution in [0.25, 0.3) is 0 Å². The maximum absolute atomic E-state index is 12.7. The van der Waals surface area contributed by atoms with Crippen molar-refractivity contribution in [3.05, 3.63) is 65.7 Å². The number of benzene rings is 2. The van der Waals surface area contributed by atoms with Crippen LogP contribution in [-0.2, 0) is 4.79 Å². The number of nitrogens with two attached hydrogens (primary N) is 1. The molecule has 3 N–H and O–H groups in total. The molecule has 0 spiro atoms. The average Bonchev–Trinajstić information content (AvgIpc) is 2.73. The molecule has 1 heterocycles. The van der Waals surface area contributed by atoms with Crippen LogP contribution in [-0.4, -0.2) is 66.2 Å². The van der Waals surface area contributed by atoms with Crippen molar-refractivity contribution >= 4 is 30.7 Å². The molecule has 0 bridgehead atoms. The topological polar surface area (TPSA) is 79.0 Å². The van der Waals surface area contributed by atoms with E-state index in [1.165, 1.54) is 0 Å². The minimum Gasteiger partial charge on any atom is -0.491 e. The maximum Gasteiger partial charge on any atom is 0.244 e. The first-order chi connectivity index (χ1) is 13.5. The Morgan fingerprint density at radius 1 is 1.03 bits per heavy atom. The zero-order valence-corrected chi connectivity index (χ0v) is 18.8. The minimum atomic E-state index is -0.628. The molecule has 6 nitrogen and oxygen atoms in total. The number of rotatable bonds is 7. The summed E-state index contributed by atoms with van der Waals surface area (Å²) >= 11 is 0. The van der Waals surface area contributed by atoms with Gasteiger partial charge in [0.2, 0.25) is 5.91 Å². The predicted molar refractivity (Wildman–Crippen MR) is 124 cm³/mol. The summed E-state index contributed by atoms with van der Waals surface area (Å²) in [5, 5.41) is 10.2. The Morgan fingerprint density at radius 3 is 2.23 bits per heavy atom. The Morgan fingerprint density at radius 2 is 1.63 bits per heavy atom. The van der Waals surface area contributed by atoms with Crippen LogP contribution in [0.1, 0.15) is 17.2 Å². The van der Waals surface area contributed by atoms with Gasteiger partial charge in [-0.2, -0.15) is 0 Å². The lowest BCUT2D eigenvalue weighted by Gasteiger charge is -2.36. The van der Waals surface area contributed by atoms with E-state index in [0.29, 0.717) is 19.6 Å². The predicted octanol–water partition coefficient (Wildman–Crippen LogP) is 2.42. The molecular formula is C22H31Cl2N3O3. The number of β-amino-alcohol motifs (C(OH)–C–C–N with tert-alkyl or cyclic N) is 1. The van der Waals surface area contributed by atoms with Gasteiger partial charge in [-0.15, -0.1) is 24.8 Å². The molecule has 0 saturated carbocycles. The van der Waals surface area contributed by atoms with Gasteiger partial charge in [0.25, 0.3) is 0 Å². The zero-order valence-electron chi connectivity index (χ0n) is 17.1. The van der Waals surface area contributed by atoms with E-state index >= 15 is 0 Å². The molecule has 0 aromatic heterocycles. The van der Waals surface area contributed by atoms with Gasteiger partial charge in [0.1, 0.15) is 24.5 Å². The molecule has 1 fully saturated rings. The standard InChI is InChI=1S/C22H29N3O3.2ClH/c1-17-7-9-18(10-8-17)21(23)22(27)25-13-11-24(12-14-25)15-19(26)16-28-20-5-3-2-4-6-20;;/h2-10,19,21,26H,11-16,23H2,1H3;2*1H. The minimum absolute atomic E-state index is 0. The van der Waals surface area contributed by atoms with Crippen LogP contribution in [0.4, 0.5) is 0 Å². The molecule has 0 radical (unpaired) electrons. The third-order valence-electron chi connectivity index (χ3n) is 5.04. The first-order valence-corrected chi connectivity index (χ1v) is 9.72. The van der Waals surface area contributed by atoms with Crippen LogP contribution in [0.3, 0.4) is 0 Å². The third-order valence-corrected chi connectivity index (χ3v) is 5.04. The molecular weight excluding hydrogens is 425 g/mol. The van der Waals surface area contributed by atoms with Crippen LogP contribution in [0, 0.1) is 6.92 Å². The van der Waals surface area contributed by atoms with E-state index in [2.05, 4.69) is 4.90 Å². The number of para-hydroxylation sites is 1. The zero-order chi connectivity index (χ0) is 19.9. The van der Waals surface area contributed by atoms with Gasteiger partial charge in [0, 0.05) is 32.7 Å². The molecule has 1 saturated heterocycles. The van der Waals surface area contributed by atoms with Gasteiger partial charge in [-0.25, -0.2) is 0 Å². The van der Waals surface area contributed by atoms with Crippen LogP contribution >= 0.6 is 24.8 Å². The number of aryl methyl sites for hydroxylation is 1. The van der Waals surface area contributed by atoms with Crippen molar-refractivity contribution in [3.63, 3.8) is 0 Å². The quantitative estimate of drug-likeness (QED) is 0.669. The Hall–Kier alpha value is -1.83. The normalized spacial score (nSPS) is 16.0. The van der Waals surface area contributed by atoms with Crippen LogP contribution in [0.5, 0.6) is 5.75 Å². The van der Waals surface area contributed by atoms with E-state index in [4.69, 9.17) is 10.5 Å². The lowest BCUT2D eigenvalue weighted by molar-refractivity contribution is -0.134. The maximum atomic E-state index is 12.7. The summed E-state index contributed by atoms with van der Waals surface area (Å²) in [6, 6.07) is 16.6. The molecule has 3 rings (SSSR count). The lowest BCUT2D eigenvalue weighted by atomic mass is 10.0. The number of carbonyl (C=O) groups is 1. The third kappa shape index (κ3) is 7.45. The number of nitrogens with zero attached hydrogens (tertiary/aromatic N) is 2. The molecule has 30 heavy (non-hydrogen) atoms. The van der Waals surface area contributed by atoms with E-state index in [1.54, 1.807) is 0 Å². The molecule has 2 unspecified atom stereocenters. The van der Waals surface area contributed by atoms with Crippen molar-refractivity contribution < 1.29 is 14.6 Å². The van der Waals surface area contributed by atoms with Gasteiger partial charge < -0.3 is 20.5 Å². The van der Waals surface area contributed by atoms with E-state index in [1.807, 2.05) is 66.4 Å². The summed E-state index contributed by atoms with van der Waals surface area (Å²) in [6.45, 7) is 5.45. The Balaban J connectivity index is 0.00000225. The van der Waals surface area contributed by atoms with Gasteiger partial charge in [0.15, 0.2) is 0 Å². The highest BCUT2D eigenvalue weighted by Crippen LogP contribution is 2.16. The molecule has 2 aromatic carbocycles. The van der Waals surface area contributed by atoms with Gasteiger partial charge in [-0.3, -0.25) is 9.69 Å².